The monoisotopic (exact) mass is 214 g/mol. The Hall–Kier alpha value is -1.44. The summed E-state index contributed by atoms with van der Waals surface area (Å²) in [4.78, 5) is 24.1. The molecule has 82 valence electrons. The molecule has 0 spiro atoms. The maximum Gasteiger partial charge on any atom is 0.330 e. The Kier molecular flexibility index (Phi) is 2.43. The maximum absolute atomic E-state index is 11.3. The van der Waals surface area contributed by atoms with Crippen molar-refractivity contribution in [3.05, 3.63) is 33.1 Å². The van der Waals surface area contributed by atoms with Gasteiger partial charge in [0.15, 0.2) is 6.23 Å². The van der Waals surface area contributed by atoms with Gasteiger partial charge in [0.2, 0.25) is 0 Å². The lowest BCUT2D eigenvalue weighted by molar-refractivity contribution is -0.0212. The zero-order chi connectivity index (χ0) is 11.0. The second-order valence-corrected chi connectivity index (χ2v) is 3.30. The highest BCUT2D eigenvalue weighted by molar-refractivity contribution is 4.89. The lowest BCUT2D eigenvalue weighted by atomic mass is 10.2. The molecule has 1 aliphatic rings. The number of nitrogens with one attached hydrogen (secondary N) is 1. The number of H-pyrrole nitrogens is 1. The molecular weight excluding hydrogens is 204 g/mol. The summed E-state index contributed by atoms with van der Waals surface area (Å²) >= 11 is 0. The number of rotatable bonds is 1. The van der Waals surface area contributed by atoms with Crippen LogP contribution < -0.4 is 11.2 Å². The van der Waals surface area contributed by atoms with Crippen LogP contribution in [0.25, 0.3) is 0 Å². The SMILES string of the molecule is O=c1ccn([C@@H]2OC[C@@H](O)[C@H]2O)c(=O)[nH]1. The smallest absolute Gasteiger partial charge is 0.330 e. The second kappa shape index (κ2) is 3.61. The highest BCUT2D eigenvalue weighted by atomic mass is 16.5. The van der Waals surface area contributed by atoms with Gasteiger partial charge in [0, 0.05) is 12.3 Å². The van der Waals surface area contributed by atoms with Gasteiger partial charge in [0.1, 0.15) is 12.2 Å². The van der Waals surface area contributed by atoms with E-state index in [1.807, 2.05) is 4.98 Å². The highest BCUT2D eigenvalue weighted by Gasteiger charge is 2.36. The first-order valence-electron chi connectivity index (χ1n) is 4.39. The number of ether oxygens (including phenoxy) is 1. The summed E-state index contributed by atoms with van der Waals surface area (Å²) in [7, 11) is 0. The van der Waals surface area contributed by atoms with Crippen LogP contribution in [-0.2, 0) is 4.74 Å². The fraction of sp³-hybridized carbons (Fsp3) is 0.500. The van der Waals surface area contributed by atoms with E-state index in [9.17, 15) is 19.8 Å². The molecule has 1 fully saturated rings. The van der Waals surface area contributed by atoms with Crippen LogP contribution in [0, 0.1) is 0 Å². The Morgan fingerprint density at radius 3 is 2.73 bits per heavy atom. The molecule has 15 heavy (non-hydrogen) atoms. The van der Waals surface area contributed by atoms with E-state index in [1.54, 1.807) is 0 Å². The minimum Gasteiger partial charge on any atom is -0.388 e. The summed E-state index contributed by atoms with van der Waals surface area (Å²) in [5, 5.41) is 18.7. The number of aromatic amines is 1. The third-order valence-corrected chi connectivity index (χ3v) is 2.25. The molecule has 1 saturated heterocycles. The van der Waals surface area contributed by atoms with Gasteiger partial charge in [-0.15, -0.1) is 0 Å². The molecule has 7 nitrogen and oxygen atoms in total. The summed E-state index contributed by atoms with van der Waals surface area (Å²) in [6.07, 6.45) is -1.93. The Labute approximate surface area is 83.6 Å². The summed E-state index contributed by atoms with van der Waals surface area (Å²) in [5.41, 5.74) is -1.20. The van der Waals surface area contributed by atoms with Crippen molar-refractivity contribution in [3.8, 4) is 0 Å². The van der Waals surface area contributed by atoms with E-state index >= 15 is 0 Å². The van der Waals surface area contributed by atoms with E-state index in [4.69, 9.17) is 4.74 Å². The minimum atomic E-state index is -1.17. The average Bonchev–Trinajstić information content (AvgIpc) is 2.49. The summed E-state index contributed by atoms with van der Waals surface area (Å²) < 4.78 is 6.06. The third kappa shape index (κ3) is 1.72. The van der Waals surface area contributed by atoms with Gasteiger partial charge in [-0.05, 0) is 0 Å². The van der Waals surface area contributed by atoms with Crippen molar-refractivity contribution in [1.82, 2.24) is 9.55 Å². The molecule has 0 unspecified atom stereocenters. The van der Waals surface area contributed by atoms with Crippen LogP contribution in [0.1, 0.15) is 6.23 Å². The van der Waals surface area contributed by atoms with Crippen molar-refractivity contribution in [3.63, 3.8) is 0 Å². The van der Waals surface area contributed by atoms with Crippen molar-refractivity contribution in [2.24, 2.45) is 0 Å². The topological polar surface area (TPSA) is 105 Å². The van der Waals surface area contributed by atoms with Gasteiger partial charge in [-0.3, -0.25) is 14.3 Å². The highest BCUT2D eigenvalue weighted by Crippen LogP contribution is 2.21. The first-order chi connectivity index (χ1) is 7.09. The van der Waals surface area contributed by atoms with Gasteiger partial charge in [-0.25, -0.2) is 4.79 Å². The van der Waals surface area contributed by atoms with Gasteiger partial charge in [-0.2, -0.15) is 0 Å². The first kappa shape index (κ1) is 10.1. The first-order valence-corrected chi connectivity index (χ1v) is 4.39. The fourth-order valence-electron chi connectivity index (χ4n) is 1.46. The average molecular weight is 214 g/mol. The van der Waals surface area contributed by atoms with Crippen LogP contribution >= 0.6 is 0 Å². The lowest BCUT2D eigenvalue weighted by Gasteiger charge is -2.16. The predicted octanol–water partition coefficient (Wildman–Crippen LogP) is -2.21. The molecule has 1 aromatic rings. The number of aliphatic hydroxyl groups excluding tert-OH is 2. The lowest BCUT2D eigenvalue weighted by Crippen LogP contribution is -2.37. The van der Waals surface area contributed by atoms with E-state index < -0.39 is 29.7 Å². The second-order valence-electron chi connectivity index (χ2n) is 3.30. The number of aromatic nitrogens is 2. The van der Waals surface area contributed by atoms with Crippen LogP contribution in [0.4, 0.5) is 0 Å². The Morgan fingerprint density at radius 1 is 1.47 bits per heavy atom. The number of nitrogens with zero attached hydrogens (tertiary/aromatic N) is 1. The van der Waals surface area contributed by atoms with Crippen molar-refractivity contribution in [2.45, 2.75) is 18.4 Å². The molecule has 0 saturated carbocycles. The summed E-state index contributed by atoms with van der Waals surface area (Å²) in [5.74, 6) is 0. The maximum atomic E-state index is 11.3. The zero-order valence-corrected chi connectivity index (χ0v) is 7.66. The molecule has 2 rings (SSSR count). The van der Waals surface area contributed by atoms with E-state index in [0.717, 1.165) is 10.6 Å². The molecule has 0 radical (unpaired) electrons. The van der Waals surface area contributed by atoms with Gasteiger partial charge in [-0.1, -0.05) is 0 Å². The van der Waals surface area contributed by atoms with E-state index in [0.29, 0.717) is 0 Å². The van der Waals surface area contributed by atoms with Crippen LogP contribution in [-0.4, -0.2) is 38.6 Å². The predicted molar refractivity (Wildman–Crippen MR) is 48.3 cm³/mol. The molecule has 1 aromatic heterocycles. The van der Waals surface area contributed by atoms with E-state index in [2.05, 4.69) is 0 Å². The van der Waals surface area contributed by atoms with Crippen molar-refractivity contribution >= 4 is 0 Å². The van der Waals surface area contributed by atoms with Crippen LogP contribution in [0.15, 0.2) is 21.9 Å². The standard InChI is InChI=1S/C8H10N2O5/c11-4-3-15-7(6(4)13)10-2-1-5(12)9-8(10)14/h1-2,4,6-7,11,13H,3H2,(H,9,12,14)/t4-,6-,7-/m1/s1. The van der Waals surface area contributed by atoms with Crippen LogP contribution in [0.3, 0.4) is 0 Å². The number of aliphatic hydroxyl groups is 2. The van der Waals surface area contributed by atoms with E-state index in [-0.39, 0.29) is 6.61 Å². The molecule has 0 bridgehead atoms. The quantitative estimate of drug-likeness (QED) is 0.491. The Morgan fingerprint density at radius 2 is 2.20 bits per heavy atom. The van der Waals surface area contributed by atoms with E-state index in [1.165, 1.54) is 6.20 Å². The van der Waals surface area contributed by atoms with Crippen LogP contribution in [0.5, 0.6) is 0 Å². The summed E-state index contributed by atoms with van der Waals surface area (Å²) in [6.45, 7) is -0.0442. The molecule has 7 heteroatoms. The molecule has 3 N–H and O–H groups in total. The van der Waals surface area contributed by atoms with Gasteiger partial charge >= 0.3 is 5.69 Å². The number of hydrogen-bond acceptors (Lipinski definition) is 5. The number of hydrogen-bond donors (Lipinski definition) is 3. The summed E-state index contributed by atoms with van der Waals surface area (Å²) in [6, 6.07) is 1.14. The zero-order valence-electron chi connectivity index (χ0n) is 7.66. The molecule has 1 aliphatic heterocycles. The normalized spacial score (nSPS) is 30.7. The Balaban J connectivity index is 2.39. The molecule has 0 amide bonds. The third-order valence-electron chi connectivity index (χ3n) is 2.25. The largest absolute Gasteiger partial charge is 0.388 e. The van der Waals surface area contributed by atoms with Gasteiger partial charge < -0.3 is 14.9 Å². The van der Waals surface area contributed by atoms with Crippen molar-refractivity contribution in [2.75, 3.05) is 6.61 Å². The Bertz CT molecular complexity index is 465. The van der Waals surface area contributed by atoms with Gasteiger partial charge in [0.05, 0.1) is 6.61 Å². The molecule has 3 atom stereocenters. The van der Waals surface area contributed by atoms with Crippen molar-refractivity contribution in [1.29, 1.82) is 0 Å². The molecule has 0 aromatic carbocycles. The van der Waals surface area contributed by atoms with Crippen molar-refractivity contribution < 1.29 is 14.9 Å². The minimum absolute atomic E-state index is 0.0442. The molecule has 2 heterocycles. The molecule has 0 aliphatic carbocycles. The fourth-order valence-corrected chi connectivity index (χ4v) is 1.46. The van der Waals surface area contributed by atoms with Crippen LogP contribution in [0.2, 0.25) is 0 Å². The van der Waals surface area contributed by atoms with Gasteiger partial charge in [0.25, 0.3) is 5.56 Å². The molecular formula is C8H10N2O5.